The van der Waals surface area contributed by atoms with Crippen molar-refractivity contribution in [1.82, 2.24) is 10.2 Å². The molecular weight excluding hydrogens is 328 g/mol. The summed E-state index contributed by atoms with van der Waals surface area (Å²) in [4.78, 5) is 38.9. The zero-order valence-corrected chi connectivity index (χ0v) is 15.0. The molecule has 1 saturated carbocycles. The van der Waals surface area contributed by atoms with E-state index in [1.165, 1.54) is 17.4 Å². The smallest absolute Gasteiger partial charge is 0.289 e. The van der Waals surface area contributed by atoms with Gasteiger partial charge in [0.1, 0.15) is 6.04 Å². The van der Waals surface area contributed by atoms with Crippen LogP contribution in [-0.4, -0.2) is 41.1 Å². The molecule has 0 radical (unpaired) electrons. The summed E-state index contributed by atoms with van der Waals surface area (Å²) in [5.74, 6) is -1.22. The summed E-state index contributed by atoms with van der Waals surface area (Å²) in [7, 11) is 0. The monoisotopic (exact) mass is 354 g/mol. The molecule has 1 heterocycles. The number of hydrogen-bond donors (Lipinski definition) is 1. The number of carbonyl (C=O) groups is 3. The number of benzene rings is 1. The summed E-state index contributed by atoms with van der Waals surface area (Å²) < 4.78 is 0. The Kier molecular flexibility index (Phi) is 6.21. The first kappa shape index (κ1) is 18.4. The van der Waals surface area contributed by atoms with Gasteiger partial charge in [0, 0.05) is 18.7 Å². The number of nitrogens with one attached hydrogen (secondary N) is 1. The van der Waals surface area contributed by atoms with Crippen LogP contribution in [0.15, 0.2) is 36.4 Å². The van der Waals surface area contributed by atoms with Crippen molar-refractivity contribution >= 4 is 23.7 Å². The molecule has 1 aliphatic carbocycles. The Bertz CT molecular complexity index is 678. The number of Topliss-reactive ketones (excluding diaryl/α,β-unsaturated/α-hetero) is 1. The summed E-state index contributed by atoms with van der Waals surface area (Å²) in [5, 5.41) is 2.87. The van der Waals surface area contributed by atoms with Gasteiger partial charge in [-0.2, -0.15) is 0 Å². The Morgan fingerprint density at radius 1 is 0.962 bits per heavy atom. The third-order valence-electron chi connectivity index (χ3n) is 5.22. The number of carbonyl (C=O) groups excluding carboxylic acids is 3. The van der Waals surface area contributed by atoms with E-state index in [-0.39, 0.29) is 11.9 Å². The lowest BCUT2D eigenvalue weighted by Gasteiger charge is -2.25. The van der Waals surface area contributed by atoms with Crippen LogP contribution in [0, 0.1) is 0 Å². The molecule has 1 aromatic rings. The number of ketones is 1. The van der Waals surface area contributed by atoms with Gasteiger partial charge in [0.15, 0.2) is 0 Å². The highest BCUT2D eigenvalue weighted by Gasteiger charge is 2.37. The third-order valence-corrected chi connectivity index (χ3v) is 5.22. The molecule has 1 aromatic carbocycles. The minimum absolute atomic E-state index is 0.101. The van der Waals surface area contributed by atoms with E-state index in [1.54, 1.807) is 6.08 Å². The van der Waals surface area contributed by atoms with E-state index in [9.17, 15) is 14.4 Å². The van der Waals surface area contributed by atoms with Crippen LogP contribution in [0.25, 0.3) is 6.08 Å². The maximum atomic E-state index is 12.6. The van der Waals surface area contributed by atoms with Gasteiger partial charge in [-0.3, -0.25) is 14.4 Å². The maximum Gasteiger partial charge on any atom is 0.289 e. The molecule has 1 unspecified atom stereocenters. The van der Waals surface area contributed by atoms with Crippen LogP contribution in [0.2, 0.25) is 0 Å². The standard InChI is InChI=1S/C21H26N2O3/c24-19(14-13-16-8-3-1-4-9-16)23-15-7-12-18(23)20(25)21(26)22-17-10-5-2-6-11-17/h1,3-4,8-9,13-14,17-18H,2,5-7,10-12,15H2,(H,22,26). The molecule has 2 aliphatic rings. The molecule has 138 valence electrons. The molecule has 1 atom stereocenters. The van der Waals surface area contributed by atoms with Crippen LogP contribution < -0.4 is 5.32 Å². The van der Waals surface area contributed by atoms with Crippen LogP contribution in [0.3, 0.4) is 0 Å². The molecule has 0 aromatic heterocycles. The Balaban J connectivity index is 1.59. The fraction of sp³-hybridized carbons (Fsp3) is 0.476. The van der Waals surface area contributed by atoms with Gasteiger partial charge in [-0.1, -0.05) is 49.6 Å². The van der Waals surface area contributed by atoms with Crippen LogP contribution >= 0.6 is 0 Å². The van der Waals surface area contributed by atoms with Crippen molar-refractivity contribution in [1.29, 1.82) is 0 Å². The van der Waals surface area contributed by atoms with Gasteiger partial charge in [-0.15, -0.1) is 0 Å². The van der Waals surface area contributed by atoms with Crippen molar-refractivity contribution in [3.8, 4) is 0 Å². The average Bonchev–Trinajstić information content (AvgIpc) is 3.17. The van der Waals surface area contributed by atoms with Crippen LogP contribution in [-0.2, 0) is 14.4 Å². The zero-order chi connectivity index (χ0) is 18.4. The van der Waals surface area contributed by atoms with Gasteiger partial charge in [-0.25, -0.2) is 0 Å². The van der Waals surface area contributed by atoms with Crippen molar-refractivity contribution in [3.63, 3.8) is 0 Å². The van der Waals surface area contributed by atoms with E-state index in [0.29, 0.717) is 13.0 Å². The quantitative estimate of drug-likeness (QED) is 0.653. The second-order valence-corrected chi connectivity index (χ2v) is 7.11. The number of amides is 2. The van der Waals surface area contributed by atoms with Crippen molar-refractivity contribution in [2.24, 2.45) is 0 Å². The van der Waals surface area contributed by atoms with Crippen molar-refractivity contribution in [2.45, 2.75) is 57.0 Å². The summed E-state index contributed by atoms with van der Waals surface area (Å²) in [6.07, 6.45) is 9.79. The molecule has 2 amide bonds. The summed E-state index contributed by atoms with van der Waals surface area (Å²) in [5.41, 5.74) is 0.929. The molecule has 3 rings (SSSR count). The van der Waals surface area contributed by atoms with E-state index in [1.807, 2.05) is 30.3 Å². The Morgan fingerprint density at radius 3 is 2.42 bits per heavy atom. The number of likely N-dealkylation sites (tertiary alicyclic amines) is 1. The highest BCUT2D eigenvalue weighted by atomic mass is 16.2. The summed E-state index contributed by atoms with van der Waals surface area (Å²) in [6, 6.07) is 9.01. The molecule has 1 aliphatic heterocycles. The lowest BCUT2D eigenvalue weighted by molar-refractivity contribution is -0.143. The van der Waals surface area contributed by atoms with E-state index in [2.05, 4.69) is 5.32 Å². The first-order chi connectivity index (χ1) is 12.6. The summed E-state index contributed by atoms with van der Waals surface area (Å²) >= 11 is 0. The van der Waals surface area contributed by atoms with Crippen molar-refractivity contribution < 1.29 is 14.4 Å². The molecule has 5 nitrogen and oxygen atoms in total. The molecule has 26 heavy (non-hydrogen) atoms. The Labute approximate surface area is 154 Å². The minimum Gasteiger partial charge on any atom is -0.347 e. The van der Waals surface area contributed by atoms with E-state index >= 15 is 0 Å². The predicted molar refractivity (Wildman–Crippen MR) is 100 cm³/mol. The van der Waals surface area contributed by atoms with E-state index in [0.717, 1.165) is 37.7 Å². The molecular formula is C21H26N2O3. The van der Waals surface area contributed by atoms with Crippen LogP contribution in [0.4, 0.5) is 0 Å². The van der Waals surface area contributed by atoms with Gasteiger partial charge in [-0.05, 0) is 37.3 Å². The maximum absolute atomic E-state index is 12.6. The molecule has 5 heteroatoms. The lowest BCUT2D eigenvalue weighted by Crippen LogP contribution is -2.49. The highest BCUT2D eigenvalue weighted by Crippen LogP contribution is 2.21. The van der Waals surface area contributed by atoms with Crippen LogP contribution in [0.5, 0.6) is 0 Å². The first-order valence-corrected chi connectivity index (χ1v) is 9.53. The third kappa shape index (κ3) is 4.59. The second-order valence-electron chi connectivity index (χ2n) is 7.11. The summed E-state index contributed by atoms with van der Waals surface area (Å²) in [6.45, 7) is 0.519. The zero-order valence-electron chi connectivity index (χ0n) is 15.0. The molecule has 0 spiro atoms. The number of hydrogen-bond acceptors (Lipinski definition) is 3. The minimum atomic E-state index is -0.633. The first-order valence-electron chi connectivity index (χ1n) is 9.53. The molecule has 0 bridgehead atoms. The molecule has 2 fully saturated rings. The second kappa shape index (κ2) is 8.79. The molecule has 1 N–H and O–H groups in total. The Hall–Kier alpha value is -2.43. The highest BCUT2D eigenvalue weighted by molar-refractivity contribution is 6.38. The van der Waals surface area contributed by atoms with E-state index < -0.39 is 17.7 Å². The van der Waals surface area contributed by atoms with Crippen molar-refractivity contribution in [3.05, 3.63) is 42.0 Å². The van der Waals surface area contributed by atoms with Crippen LogP contribution in [0.1, 0.15) is 50.5 Å². The largest absolute Gasteiger partial charge is 0.347 e. The fourth-order valence-electron chi connectivity index (χ4n) is 3.79. The Morgan fingerprint density at radius 2 is 1.69 bits per heavy atom. The SMILES string of the molecule is O=C(NC1CCCCC1)C(=O)C1CCCN1C(=O)C=Cc1ccccc1. The number of rotatable bonds is 5. The number of nitrogens with zero attached hydrogens (tertiary/aromatic N) is 1. The lowest BCUT2D eigenvalue weighted by atomic mass is 9.95. The fourth-order valence-corrected chi connectivity index (χ4v) is 3.79. The predicted octanol–water partition coefficient (Wildman–Crippen LogP) is 2.71. The molecule has 1 saturated heterocycles. The van der Waals surface area contributed by atoms with Gasteiger partial charge < -0.3 is 10.2 Å². The normalized spacial score (nSPS) is 21.1. The van der Waals surface area contributed by atoms with Gasteiger partial charge >= 0.3 is 0 Å². The van der Waals surface area contributed by atoms with Gasteiger partial charge in [0.25, 0.3) is 5.91 Å². The van der Waals surface area contributed by atoms with Crippen molar-refractivity contribution in [2.75, 3.05) is 6.54 Å². The van der Waals surface area contributed by atoms with Gasteiger partial charge in [0.05, 0.1) is 0 Å². The van der Waals surface area contributed by atoms with E-state index in [4.69, 9.17) is 0 Å². The topological polar surface area (TPSA) is 66.5 Å². The average molecular weight is 354 g/mol. The van der Waals surface area contributed by atoms with Gasteiger partial charge in [0.2, 0.25) is 11.7 Å².